The molecule has 4 rings (SSSR count). The predicted octanol–water partition coefficient (Wildman–Crippen LogP) is 2.92. The molecule has 2 heterocycles. The summed E-state index contributed by atoms with van der Waals surface area (Å²) in [5.41, 5.74) is 3.71. The molecule has 0 bridgehead atoms. The molecule has 2 aromatic carbocycles. The molecule has 3 aromatic rings. The van der Waals surface area contributed by atoms with Gasteiger partial charge < -0.3 is 9.47 Å². The van der Waals surface area contributed by atoms with Crippen molar-refractivity contribution in [3.63, 3.8) is 0 Å². The summed E-state index contributed by atoms with van der Waals surface area (Å²) in [6, 6.07) is 15.3. The van der Waals surface area contributed by atoms with E-state index in [0.717, 1.165) is 55.7 Å². The summed E-state index contributed by atoms with van der Waals surface area (Å²) < 4.78 is 1.75. The van der Waals surface area contributed by atoms with Crippen LogP contribution in [0.4, 0.5) is 0 Å². The Bertz CT molecular complexity index is 1100. The van der Waals surface area contributed by atoms with E-state index in [0.29, 0.717) is 17.8 Å². The molecule has 1 aliphatic heterocycles. The third-order valence-electron chi connectivity index (χ3n) is 5.76. The predicted molar refractivity (Wildman–Crippen MR) is 119 cm³/mol. The summed E-state index contributed by atoms with van der Waals surface area (Å²) in [7, 11) is 0. The quantitative estimate of drug-likeness (QED) is 0.656. The second-order valence-corrected chi connectivity index (χ2v) is 7.91. The van der Waals surface area contributed by atoms with Gasteiger partial charge in [-0.1, -0.05) is 31.2 Å². The number of fused-ring (bicyclic) bond motifs is 1. The minimum Gasteiger partial charge on any atom is -0.336 e. The smallest absolute Gasteiger partial charge is 0.272 e. The number of aryl methyl sites for hydroxylation is 1. The number of carbonyl (C=O) groups excluding carboxylic acids is 1. The number of benzene rings is 2. The first kappa shape index (κ1) is 20.3. The van der Waals surface area contributed by atoms with E-state index in [2.05, 4.69) is 16.8 Å². The Morgan fingerprint density at radius 3 is 2.40 bits per heavy atom. The van der Waals surface area contributed by atoms with E-state index in [9.17, 15) is 9.59 Å². The number of para-hydroxylation sites is 2. The van der Waals surface area contributed by atoms with Crippen molar-refractivity contribution in [1.29, 1.82) is 0 Å². The van der Waals surface area contributed by atoms with Crippen LogP contribution >= 0.6 is 0 Å². The van der Waals surface area contributed by atoms with Crippen LogP contribution in [0, 0.1) is 6.92 Å². The number of hydrogen-bond acceptors (Lipinski definition) is 4. The molecule has 0 spiro atoms. The van der Waals surface area contributed by atoms with Gasteiger partial charge in [-0.05, 0) is 49.7 Å². The molecule has 1 aliphatic rings. The summed E-state index contributed by atoms with van der Waals surface area (Å²) in [4.78, 5) is 34.3. The Morgan fingerprint density at radius 1 is 1.00 bits per heavy atom. The van der Waals surface area contributed by atoms with E-state index in [-0.39, 0.29) is 11.5 Å². The van der Waals surface area contributed by atoms with Crippen molar-refractivity contribution < 1.29 is 4.79 Å². The van der Waals surface area contributed by atoms with Gasteiger partial charge in [-0.15, -0.1) is 0 Å². The average molecular weight is 405 g/mol. The van der Waals surface area contributed by atoms with E-state index in [1.54, 1.807) is 11.5 Å². The molecule has 0 atom stereocenters. The molecule has 0 saturated carbocycles. The van der Waals surface area contributed by atoms with Crippen LogP contribution in [-0.4, -0.2) is 58.0 Å². The van der Waals surface area contributed by atoms with Crippen LogP contribution in [0.25, 0.3) is 11.0 Å². The zero-order chi connectivity index (χ0) is 21.1. The van der Waals surface area contributed by atoms with Crippen molar-refractivity contribution in [1.82, 2.24) is 19.4 Å². The number of carbonyl (C=O) groups is 1. The van der Waals surface area contributed by atoms with Crippen molar-refractivity contribution in [3.05, 3.63) is 75.7 Å². The first-order valence-electron chi connectivity index (χ1n) is 10.6. The van der Waals surface area contributed by atoms with Gasteiger partial charge in [0, 0.05) is 31.7 Å². The van der Waals surface area contributed by atoms with E-state index < -0.39 is 0 Å². The summed E-state index contributed by atoms with van der Waals surface area (Å²) >= 11 is 0. The fourth-order valence-corrected chi connectivity index (χ4v) is 4.09. The lowest BCUT2D eigenvalue weighted by molar-refractivity contribution is 0.0637. The Kier molecular flexibility index (Phi) is 5.95. The third kappa shape index (κ3) is 4.14. The molecule has 1 saturated heterocycles. The first-order valence-corrected chi connectivity index (χ1v) is 10.6. The largest absolute Gasteiger partial charge is 0.336 e. The number of amides is 1. The third-order valence-corrected chi connectivity index (χ3v) is 5.76. The molecule has 0 N–H and O–H groups in total. The summed E-state index contributed by atoms with van der Waals surface area (Å²) in [5.74, 6) is 0.0834. The van der Waals surface area contributed by atoms with Gasteiger partial charge in [0.25, 0.3) is 11.5 Å². The molecule has 1 aromatic heterocycles. The zero-order valence-electron chi connectivity index (χ0n) is 17.7. The topological polar surface area (TPSA) is 58.4 Å². The molecule has 6 heteroatoms. The number of hydrogen-bond donors (Lipinski definition) is 0. The fourth-order valence-electron chi connectivity index (χ4n) is 4.09. The van der Waals surface area contributed by atoms with Crippen molar-refractivity contribution in [2.24, 2.45) is 0 Å². The van der Waals surface area contributed by atoms with Crippen LogP contribution in [0.2, 0.25) is 0 Å². The standard InChI is InChI=1S/C24H28N4O2/c1-3-12-26-13-15-27(16-14-26)24(30)20-10-8-19(9-11-20)17-28-22-7-5-4-6-21(22)25-18(2)23(28)29/h4-11H,3,12-17H2,1-2H3. The van der Waals surface area contributed by atoms with Gasteiger partial charge in [-0.3, -0.25) is 14.5 Å². The molecule has 156 valence electrons. The molecule has 0 unspecified atom stereocenters. The monoisotopic (exact) mass is 404 g/mol. The number of nitrogens with zero attached hydrogens (tertiary/aromatic N) is 4. The van der Waals surface area contributed by atoms with Crippen LogP contribution in [0.1, 0.15) is 35.0 Å². The number of piperazine rings is 1. The molecular formula is C24H28N4O2. The van der Waals surface area contributed by atoms with Crippen LogP contribution < -0.4 is 5.56 Å². The van der Waals surface area contributed by atoms with E-state index in [1.807, 2.05) is 53.4 Å². The highest BCUT2D eigenvalue weighted by atomic mass is 16.2. The molecule has 6 nitrogen and oxygen atoms in total. The van der Waals surface area contributed by atoms with Gasteiger partial charge in [0.15, 0.2) is 0 Å². The van der Waals surface area contributed by atoms with Gasteiger partial charge >= 0.3 is 0 Å². The molecule has 30 heavy (non-hydrogen) atoms. The molecule has 0 radical (unpaired) electrons. The summed E-state index contributed by atoms with van der Waals surface area (Å²) in [5, 5.41) is 0. The van der Waals surface area contributed by atoms with Crippen LogP contribution in [0.3, 0.4) is 0 Å². The normalized spacial score (nSPS) is 14.9. The van der Waals surface area contributed by atoms with Crippen molar-refractivity contribution in [2.45, 2.75) is 26.8 Å². The first-order chi connectivity index (χ1) is 14.6. The summed E-state index contributed by atoms with van der Waals surface area (Å²) in [6.07, 6.45) is 1.14. The summed E-state index contributed by atoms with van der Waals surface area (Å²) in [6.45, 7) is 8.91. The minimum atomic E-state index is -0.0844. The molecule has 1 fully saturated rings. The maximum atomic E-state index is 12.9. The highest BCUT2D eigenvalue weighted by molar-refractivity contribution is 5.94. The Labute approximate surface area is 176 Å². The van der Waals surface area contributed by atoms with Gasteiger partial charge in [-0.2, -0.15) is 0 Å². The minimum absolute atomic E-state index is 0.0834. The Hall–Kier alpha value is -2.99. The maximum absolute atomic E-state index is 12.9. The van der Waals surface area contributed by atoms with E-state index in [4.69, 9.17) is 0 Å². The van der Waals surface area contributed by atoms with Crippen LogP contribution in [0.15, 0.2) is 53.3 Å². The van der Waals surface area contributed by atoms with Crippen molar-refractivity contribution >= 4 is 16.9 Å². The van der Waals surface area contributed by atoms with Gasteiger partial charge in [-0.25, -0.2) is 4.98 Å². The Balaban J connectivity index is 1.50. The highest BCUT2D eigenvalue weighted by Gasteiger charge is 2.21. The molecular weight excluding hydrogens is 376 g/mol. The van der Waals surface area contributed by atoms with E-state index >= 15 is 0 Å². The average Bonchev–Trinajstić information content (AvgIpc) is 2.77. The van der Waals surface area contributed by atoms with Crippen LogP contribution in [-0.2, 0) is 6.54 Å². The lowest BCUT2D eigenvalue weighted by Gasteiger charge is -2.34. The van der Waals surface area contributed by atoms with Crippen molar-refractivity contribution in [3.8, 4) is 0 Å². The lowest BCUT2D eigenvalue weighted by Crippen LogP contribution is -2.48. The maximum Gasteiger partial charge on any atom is 0.272 e. The number of rotatable bonds is 5. The molecule has 1 amide bonds. The molecule has 0 aliphatic carbocycles. The highest BCUT2D eigenvalue weighted by Crippen LogP contribution is 2.14. The van der Waals surface area contributed by atoms with Gasteiger partial charge in [0.2, 0.25) is 0 Å². The van der Waals surface area contributed by atoms with Gasteiger partial charge in [0.1, 0.15) is 5.69 Å². The SMILES string of the molecule is CCCN1CCN(C(=O)c2ccc(Cn3c(=O)c(C)nc4ccccc43)cc2)CC1. The second-order valence-electron chi connectivity index (χ2n) is 7.91. The van der Waals surface area contributed by atoms with E-state index in [1.165, 1.54) is 0 Å². The lowest BCUT2D eigenvalue weighted by atomic mass is 10.1. The van der Waals surface area contributed by atoms with Crippen LogP contribution in [0.5, 0.6) is 0 Å². The van der Waals surface area contributed by atoms with Gasteiger partial charge in [0.05, 0.1) is 17.6 Å². The second kappa shape index (κ2) is 8.79. The fraction of sp³-hybridized carbons (Fsp3) is 0.375. The Morgan fingerprint density at radius 2 is 1.70 bits per heavy atom. The number of aromatic nitrogens is 2. The zero-order valence-corrected chi connectivity index (χ0v) is 17.7. The van der Waals surface area contributed by atoms with Crippen molar-refractivity contribution in [2.75, 3.05) is 32.7 Å².